The van der Waals surface area contributed by atoms with Crippen molar-refractivity contribution in [2.75, 3.05) is 16.8 Å². The SMILES string of the molecule is C[C@H]1Cc2ccccc2N1CC(=O)Nc1sc2c(c1C(N)=O)CCC2. The third-order valence-electron chi connectivity index (χ3n) is 5.08. The largest absolute Gasteiger partial charge is 0.365 e. The summed E-state index contributed by atoms with van der Waals surface area (Å²) < 4.78 is 0. The fraction of sp³-hybridized carbons (Fsp3) is 0.368. The Morgan fingerprint density at radius 2 is 2.12 bits per heavy atom. The smallest absolute Gasteiger partial charge is 0.251 e. The average molecular weight is 355 g/mol. The van der Waals surface area contributed by atoms with Gasteiger partial charge in [-0.15, -0.1) is 11.3 Å². The topological polar surface area (TPSA) is 75.4 Å². The van der Waals surface area contributed by atoms with Crippen LogP contribution in [-0.4, -0.2) is 24.4 Å². The van der Waals surface area contributed by atoms with Gasteiger partial charge in [-0.2, -0.15) is 0 Å². The van der Waals surface area contributed by atoms with Gasteiger partial charge in [-0.25, -0.2) is 0 Å². The van der Waals surface area contributed by atoms with Gasteiger partial charge in [0.25, 0.3) is 5.91 Å². The number of nitrogens with two attached hydrogens (primary N) is 1. The van der Waals surface area contributed by atoms with Crippen molar-refractivity contribution in [2.24, 2.45) is 5.73 Å². The van der Waals surface area contributed by atoms with Crippen molar-refractivity contribution in [1.29, 1.82) is 0 Å². The van der Waals surface area contributed by atoms with Crippen LogP contribution in [0.25, 0.3) is 0 Å². The van der Waals surface area contributed by atoms with E-state index in [1.165, 1.54) is 21.8 Å². The highest BCUT2D eigenvalue weighted by molar-refractivity contribution is 7.17. The van der Waals surface area contributed by atoms with Gasteiger partial charge in [0.05, 0.1) is 12.1 Å². The highest BCUT2D eigenvalue weighted by Gasteiger charge is 2.29. The molecule has 1 aliphatic heterocycles. The molecular formula is C19H21N3O2S. The van der Waals surface area contributed by atoms with Crippen LogP contribution in [-0.2, 0) is 24.1 Å². The van der Waals surface area contributed by atoms with Gasteiger partial charge in [0.2, 0.25) is 5.91 Å². The summed E-state index contributed by atoms with van der Waals surface area (Å²) in [4.78, 5) is 27.8. The molecule has 0 fully saturated rings. The molecule has 130 valence electrons. The number of nitrogens with zero attached hydrogens (tertiary/aromatic N) is 1. The van der Waals surface area contributed by atoms with E-state index in [2.05, 4.69) is 29.3 Å². The van der Waals surface area contributed by atoms with Crippen molar-refractivity contribution in [2.45, 2.75) is 38.6 Å². The van der Waals surface area contributed by atoms with Gasteiger partial charge >= 0.3 is 0 Å². The van der Waals surface area contributed by atoms with Crippen molar-refractivity contribution in [3.8, 4) is 0 Å². The first-order valence-electron chi connectivity index (χ1n) is 8.63. The molecule has 6 heteroatoms. The third-order valence-corrected chi connectivity index (χ3v) is 6.29. The Bertz CT molecular complexity index is 858. The highest BCUT2D eigenvalue weighted by Crippen LogP contribution is 2.39. The molecular weight excluding hydrogens is 334 g/mol. The Kier molecular flexibility index (Phi) is 4.00. The first-order chi connectivity index (χ1) is 12.0. The van der Waals surface area contributed by atoms with E-state index in [-0.39, 0.29) is 18.5 Å². The van der Waals surface area contributed by atoms with E-state index < -0.39 is 5.91 Å². The van der Waals surface area contributed by atoms with Gasteiger partial charge in [0.15, 0.2) is 0 Å². The number of carbonyl (C=O) groups is 2. The molecule has 2 heterocycles. The lowest BCUT2D eigenvalue weighted by atomic mass is 10.1. The number of benzene rings is 1. The summed E-state index contributed by atoms with van der Waals surface area (Å²) in [5, 5.41) is 3.55. The normalized spacial score (nSPS) is 18.1. The summed E-state index contributed by atoms with van der Waals surface area (Å²) in [5.74, 6) is -0.555. The van der Waals surface area contributed by atoms with Crippen LogP contribution in [0.5, 0.6) is 0 Å². The molecule has 0 saturated carbocycles. The molecule has 1 aromatic carbocycles. The maximum atomic E-state index is 12.6. The van der Waals surface area contributed by atoms with E-state index in [0.29, 0.717) is 10.6 Å². The van der Waals surface area contributed by atoms with Crippen LogP contribution < -0.4 is 16.0 Å². The molecule has 0 unspecified atom stereocenters. The molecule has 0 radical (unpaired) electrons. The van der Waals surface area contributed by atoms with Crippen LogP contribution in [0.2, 0.25) is 0 Å². The Morgan fingerprint density at radius 1 is 1.32 bits per heavy atom. The zero-order valence-corrected chi connectivity index (χ0v) is 15.0. The van der Waals surface area contributed by atoms with Crippen LogP contribution in [0, 0.1) is 0 Å². The Balaban J connectivity index is 1.53. The summed E-state index contributed by atoms with van der Waals surface area (Å²) in [7, 11) is 0. The summed E-state index contributed by atoms with van der Waals surface area (Å²) >= 11 is 1.50. The molecule has 0 saturated heterocycles. The number of carbonyl (C=O) groups excluding carboxylic acids is 2. The van der Waals surface area contributed by atoms with Gasteiger partial charge in [0.1, 0.15) is 5.00 Å². The van der Waals surface area contributed by atoms with Crippen LogP contribution in [0.4, 0.5) is 10.7 Å². The van der Waals surface area contributed by atoms with Crippen LogP contribution in [0.15, 0.2) is 24.3 Å². The number of rotatable bonds is 4. The van der Waals surface area contributed by atoms with Gasteiger partial charge in [-0.05, 0) is 49.8 Å². The minimum atomic E-state index is -0.449. The Labute approximate surface area is 150 Å². The number of anilines is 2. The average Bonchev–Trinajstić information content (AvgIpc) is 3.21. The van der Waals surface area contributed by atoms with E-state index >= 15 is 0 Å². The predicted molar refractivity (Wildman–Crippen MR) is 100 cm³/mol. The van der Waals surface area contributed by atoms with Crippen molar-refractivity contribution < 1.29 is 9.59 Å². The van der Waals surface area contributed by atoms with E-state index in [1.54, 1.807) is 0 Å². The Morgan fingerprint density at radius 3 is 2.92 bits per heavy atom. The minimum absolute atomic E-state index is 0.106. The molecule has 4 rings (SSSR count). The van der Waals surface area contributed by atoms with Gasteiger partial charge in [-0.1, -0.05) is 18.2 Å². The lowest BCUT2D eigenvalue weighted by Crippen LogP contribution is -2.37. The molecule has 25 heavy (non-hydrogen) atoms. The second-order valence-corrected chi connectivity index (χ2v) is 7.89. The summed E-state index contributed by atoms with van der Waals surface area (Å²) in [6, 6.07) is 8.48. The lowest BCUT2D eigenvalue weighted by Gasteiger charge is -2.24. The number of hydrogen-bond donors (Lipinski definition) is 2. The fourth-order valence-electron chi connectivity index (χ4n) is 3.94. The molecule has 2 amide bonds. The molecule has 1 atom stereocenters. The molecule has 0 bridgehead atoms. The molecule has 5 nitrogen and oxygen atoms in total. The van der Waals surface area contributed by atoms with Crippen LogP contribution in [0.1, 0.15) is 39.7 Å². The molecule has 1 aliphatic carbocycles. The summed E-state index contributed by atoms with van der Waals surface area (Å²) in [6.45, 7) is 2.40. The number of hydrogen-bond acceptors (Lipinski definition) is 4. The number of para-hydroxylation sites is 1. The molecule has 3 N–H and O–H groups in total. The molecule has 0 spiro atoms. The fourth-order valence-corrected chi connectivity index (χ4v) is 5.26. The zero-order valence-electron chi connectivity index (χ0n) is 14.2. The second-order valence-electron chi connectivity index (χ2n) is 6.78. The first-order valence-corrected chi connectivity index (χ1v) is 9.45. The highest BCUT2D eigenvalue weighted by atomic mass is 32.1. The Hall–Kier alpha value is -2.34. The number of fused-ring (bicyclic) bond motifs is 2. The van der Waals surface area contributed by atoms with Crippen molar-refractivity contribution >= 4 is 33.8 Å². The predicted octanol–water partition coefficient (Wildman–Crippen LogP) is 2.73. The number of primary amides is 1. The van der Waals surface area contributed by atoms with E-state index in [9.17, 15) is 9.59 Å². The lowest BCUT2D eigenvalue weighted by molar-refractivity contribution is -0.115. The molecule has 1 aromatic heterocycles. The van der Waals surface area contributed by atoms with E-state index in [0.717, 1.165) is 36.9 Å². The maximum absolute atomic E-state index is 12.6. The van der Waals surface area contributed by atoms with Crippen molar-refractivity contribution in [1.82, 2.24) is 0 Å². The maximum Gasteiger partial charge on any atom is 0.251 e. The minimum Gasteiger partial charge on any atom is -0.365 e. The number of amides is 2. The van der Waals surface area contributed by atoms with Crippen molar-refractivity contribution in [3.05, 3.63) is 45.8 Å². The van der Waals surface area contributed by atoms with Crippen molar-refractivity contribution in [3.63, 3.8) is 0 Å². The first kappa shape index (κ1) is 16.1. The standard InChI is InChI=1S/C19H21N3O2S/c1-11-9-12-5-2-3-7-14(12)22(11)10-16(23)21-19-17(18(20)24)13-6-4-8-15(13)25-19/h2-3,5,7,11H,4,6,8-10H2,1H3,(H2,20,24)(H,21,23)/t11-/m0/s1. The number of nitrogens with one attached hydrogen (secondary N) is 1. The summed E-state index contributed by atoms with van der Waals surface area (Å²) in [5.41, 5.74) is 9.51. The van der Waals surface area contributed by atoms with Gasteiger partial charge < -0.3 is 16.0 Å². The third kappa shape index (κ3) is 2.80. The van der Waals surface area contributed by atoms with E-state index in [4.69, 9.17) is 5.73 Å². The monoisotopic (exact) mass is 355 g/mol. The molecule has 2 aromatic rings. The number of aryl methyl sites for hydroxylation is 1. The summed E-state index contributed by atoms with van der Waals surface area (Å²) in [6.07, 6.45) is 3.84. The zero-order chi connectivity index (χ0) is 17.6. The van der Waals surface area contributed by atoms with Crippen LogP contribution >= 0.6 is 11.3 Å². The number of thiophene rings is 1. The van der Waals surface area contributed by atoms with E-state index in [1.807, 2.05) is 12.1 Å². The van der Waals surface area contributed by atoms with Gasteiger partial charge in [-0.3, -0.25) is 9.59 Å². The van der Waals surface area contributed by atoms with Gasteiger partial charge in [0, 0.05) is 16.6 Å². The van der Waals surface area contributed by atoms with Crippen LogP contribution in [0.3, 0.4) is 0 Å². The quantitative estimate of drug-likeness (QED) is 0.885. The second kappa shape index (κ2) is 6.19. The molecule has 2 aliphatic rings.